The van der Waals surface area contributed by atoms with Crippen LogP contribution in [-0.4, -0.2) is 130 Å². The number of fused-ring (bicyclic) bond motifs is 2. The monoisotopic (exact) mass is 913 g/mol. The van der Waals surface area contributed by atoms with Gasteiger partial charge in [0.25, 0.3) is 0 Å². The average molecular weight is 913 g/mol. The zero-order chi connectivity index (χ0) is 48.9. The number of phenols is 1. The first kappa shape index (κ1) is 53.6. The zero-order valence-electron chi connectivity index (χ0n) is 39.6. The van der Waals surface area contributed by atoms with E-state index in [4.69, 9.17) is 10.5 Å². The first-order valence-electron chi connectivity index (χ1n) is 22.9. The van der Waals surface area contributed by atoms with Crippen LogP contribution >= 0.6 is 0 Å². The summed E-state index contributed by atoms with van der Waals surface area (Å²) in [5.41, 5.74) is 5.96. The van der Waals surface area contributed by atoms with Gasteiger partial charge in [-0.05, 0) is 68.1 Å². The topological polar surface area (TPSA) is 276 Å². The van der Waals surface area contributed by atoms with E-state index in [0.29, 0.717) is 24.8 Å². The maximum Gasteiger partial charge on any atom is 0.329 e. The second-order valence-electron chi connectivity index (χ2n) is 18.3. The largest absolute Gasteiger partial charge is 0.508 e. The molecule has 2 aliphatic heterocycles. The Morgan fingerprint density at radius 1 is 0.862 bits per heavy atom. The number of piperidine rings is 1. The number of primary amides is 1. The molecule has 2 heterocycles. The van der Waals surface area contributed by atoms with Crippen molar-refractivity contribution in [2.75, 3.05) is 13.6 Å². The standard InChI is InChI=1S/C46H72N8O11/c1-11-26(7)36-46(64)65-28(9)37(52-40(58)31(19-20-35(47)56)48-39(57)25(5)6)43(61)50-33(22-24(3)4)41(59)49-32-14-13-21-54(44(32)62)38(27(8)12-2)45(63)53(10)34(42(60)51-36)23-29-15-17-30(55)18-16-29/h15-18,24-28,31-34,36-38,55H,11-14,19-23H2,1-10H3,(H2,47,56)(H,48,57)(H,49,59)(H,50,61)(H,51,60)(H,52,58)/t26-,27-,28+,31-,32-,33-,34-,36-,37-,38?/m0/s1. The van der Waals surface area contributed by atoms with Gasteiger partial charge in [0, 0.05) is 32.4 Å². The summed E-state index contributed by atoms with van der Waals surface area (Å²) in [6.07, 6.45) is -0.451. The number of nitrogens with zero attached hydrogens (tertiary/aromatic N) is 2. The lowest BCUT2D eigenvalue weighted by molar-refractivity contribution is -0.158. The van der Waals surface area contributed by atoms with E-state index >= 15 is 0 Å². The highest BCUT2D eigenvalue weighted by Gasteiger charge is 2.44. The molecule has 2 bridgehead atoms. The fraction of sp³-hybridized carbons (Fsp3) is 0.674. The molecule has 8 amide bonds. The first-order valence-corrected chi connectivity index (χ1v) is 22.9. The van der Waals surface area contributed by atoms with E-state index in [1.807, 2.05) is 27.7 Å². The fourth-order valence-electron chi connectivity index (χ4n) is 7.86. The maximum atomic E-state index is 14.8. The lowest BCUT2D eigenvalue weighted by atomic mass is 9.91. The summed E-state index contributed by atoms with van der Waals surface area (Å²) in [6, 6.07) is -2.94. The number of carbonyl (C=O) groups is 9. The molecular weight excluding hydrogens is 841 g/mol. The minimum absolute atomic E-state index is 0.0147. The molecule has 2 fully saturated rings. The highest BCUT2D eigenvalue weighted by Crippen LogP contribution is 2.26. The molecule has 0 saturated carbocycles. The molecule has 19 nitrogen and oxygen atoms in total. The molecule has 19 heteroatoms. The zero-order valence-corrected chi connectivity index (χ0v) is 39.6. The summed E-state index contributed by atoms with van der Waals surface area (Å²) in [7, 11) is 1.46. The molecular formula is C46H72N8O11. The molecule has 1 aromatic carbocycles. The van der Waals surface area contributed by atoms with Crippen LogP contribution in [0.2, 0.25) is 0 Å². The van der Waals surface area contributed by atoms with Crippen molar-refractivity contribution in [3.63, 3.8) is 0 Å². The number of hydrogen-bond acceptors (Lipinski definition) is 11. The molecule has 2 saturated heterocycles. The molecule has 0 aliphatic carbocycles. The van der Waals surface area contributed by atoms with E-state index in [0.717, 1.165) is 0 Å². The van der Waals surface area contributed by atoms with Gasteiger partial charge in [-0.25, -0.2) is 4.79 Å². The molecule has 1 unspecified atom stereocenters. The molecule has 3 rings (SSSR count). The van der Waals surface area contributed by atoms with E-state index < -0.39 is 119 Å². The Labute approximate surface area is 382 Å². The smallest absolute Gasteiger partial charge is 0.329 e. The SMILES string of the molecule is CC[C@H](C)C1C(=O)N(C)[C@@H](Cc2ccc(O)cc2)C(=O)N[C@@H]([C@@H](C)CC)C(=O)O[C@H](C)[C@H](NC(=O)[C@H](CCC(N)=O)NC(=O)C(C)C)C(=O)N[C@@H](CC(C)C)C(=O)N[C@H]2CCCN1C2=O. The van der Waals surface area contributed by atoms with E-state index in [-0.39, 0.29) is 50.3 Å². The number of hydrogen-bond donors (Lipinski definition) is 7. The number of esters is 1. The predicted molar refractivity (Wildman–Crippen MR) is 240 cm³/mol. The van der Waals surface area contributed by atoms with Crippen LogP contribution < -0.4 is 32.3 Å². The van der Waals surface area contributed by atoms with Crippen LogP contribution in [0.15, 0.2) is 24.3 Å². The molecule has 362 valence electrons. The Morgan fingerprint density at radius 2 is 1.49 bits per heavy atom. The number of cyclic esters (lactones) is 1. The van der Waals surface area contributed by atoms with Gasteiger partial charge < -0.3 is 52.0 Å². The third-order valence-electron chi connectivity index (χ3n) is 12.3. The van der Waals surface area contributed by atoms with Gasteiger partial charge >= 0.3 is 5.97 Å². The van der Waals surface area contributed by atoms with Crippen LogP contribution in [0.25, 0.3) is 0 Å². The molecule has 65 heavy (non-hydrogen) atoms. The third-order valence-corrected chi connectivity index (χ3v) is 12.3. The second-order valence-corrected chi connectivity index (χ2v) is 18.3. The number of likely N-dealkylation sites (N-methyl/N-ethyl adjacent to an activating group) is 1. The van der Waals surface area contributed by atoms with E-state index in [2.05, 4.69) is 26.6 Å². The number of carbonyl (C=O) groups excluding carboxylic acids is 9. The Kier molecular flexibility index (Phi) is 20.2. The van der Waals surface area contributed by atoms with Gasteiger partial charge in [0.05, 0.1) is 0 Å². The van der Waals surface area contributed by atoms with Crippen LogP contribution in [0.5, 0.6) is 5.75 Å². The molecule has 2 aliphatic rings. The second kappa shape index (κ2) is 24.5. The van der Waals surface area contributed by atoms with Crippen LogP contribution in [-0.2, 0) is 54.3 Å². The van der Waals surface area contributed by atoms with Gasteiger partial charge in [-0.1, -0.05) is 80.4 Å². The maximum absolute atomic E-state index is 14.8. The van der Waals surface area contributed by atoms with Crippen LogP contribution in [0.4, 0.5) is 0 Å². The lowest BCUT2D eigenvalue weighted by Crippen LogP contribution is -2.64. The highest BCUT2D eigenvalue weighted by atomic mass is 16.5. The Morgan fingerprint density at radius 3 is 2.06 bits per heavy atom. The number of benzene rings is 1. The Balaban J connectivity index is 2.24. The van der Waals surface area contributed by atoms with Crippen molar-refractivity contribution < 1.29 is 53.0 Å². The number of aromatic hydroxyl groups is 1. The summed E-state index contributed by atoms with van der Waals surface area (Å²) in [5, 5.41) is 23.4. The lowest BCUT2D eigenvalue weighted by Gasteiger charge is -2.42. The van der Waals surface area contributed by atoms with E-state index in [1.165, 1.54) is 35.9 Å². The summed E-state index contributed by atoms with van der Waals surface area (Å²) in [5.74, 6) is -8.27. The number of ether oxygens (including phenoxy) is 1. The van der Waals surface area contributed by atoms with Crippen molar-refractivity contribution in [2.24, 2.45) is 29.4 Å². The van der Waals surface area contributed by atoms with E-state index in [1.54, 1.807) is 39.8 Å². The van der Waals surface area contributed by atoms with Gasteiger partial charge in [0.2, 0.25) is 47.3 Å². The third kappa shape index (κ3) is 14.9. The first-order chi connectivity index (χ1) is 30.5. The van der Waals surface area contributed by atoms with Crippen molar-refractivity contribution in [1.29, 1.82) is 0 Å². The van der Waals surface area contributed by atoms with Gasteiger partial charge in [-0.3, -0.25) is 38.4 Å². The normalized spacial score (nSPS) is 25.5. The number of nitrogens with two attached hydrogens (primary N) is 1. The molecule has 0 aromatic heterocycles. The van der Waals surface area contributed by atoms with Gasteiger partial charge in [0.1, 0.15) is 54.1 Å². The van der Waals surface area contributed by atoms with E-state index in [9.17, 15) is 48.3 Å². The van der Waals surface area contributed by atoms with Crippen molar-refractivity contribution >= 4 is 53.2 Å². The minimum atomic E-state index is -1.70. The van der Waals surface area contributed by atoms with Crippen LogP contribution in [0.1, 0.15) is 113 Å². The number of phenolic OH excluding ortho intramolecular Hbond substituents is 1. The van der Waals surface area contributed by atoms with Crippen molar-refractivity contribution in [3.05, 3.63) is 29.8 Å². The number of nitrogens with one attached hydrogen (secondary N) is 5. The molecule has 10 atom stereocenters. The van der Waals surface area contributed by atoms with Crippen molar-refractivity contribution in [1.82, 2.24) is 36.4 Å². The minimum Gasteiger partial charge on any atom is -0.508 e. The van der Waals surface area contributed by atoms with Gasteiger partial charge in [-0.15, -0.1) is 0 Å². The number of amides is 8. The summed E-state index contributed by atoms with van der Waals surface area (Å²) in [4.78, 5) is 128. The Bertz CT molecular complexity index is 1870. The van der Waals surface area contributed by atoms with Crippen molar-refractivity contribution in [2.45, 2.75) is 162 Å². The van der Waals surface area contributed by atoms with Crippen LogP contribution in [0, 0.1) is 23.7 Å². The summed E-state index contributed by atoms with van der Waals surface area (Å²) < 4.78 is 5.92. The Hall–Kier alpha value is -5.75. The highest BCUT2D eigenvalue weighted by molar-refractivity contribution is 5.98. The summed E-state index contributed by atoms with van der Waals surface area (Å²) >= 11 is 0. The van der Waals surface area contributed by atoms with Crippen LogP contribution in [0.3, 0.4) is 0 Å². The predicted octanol–water partition coefficient (Wildman–Crippen LogP) is 1.18. The van der Waals surface area contributed by atoms with Gasteiger partial charge in [-0.2, -0.15) is 0 Å². The molecule has 0 radical (unpaired) electrons. The molecule has 1 aromatic rings. The quantitative estimate of drug-likeness (QED) is 0.123. The summed E-state index contributed by atoms with van der Waals surface area (Å²) in [6.45, 7) is 15.6. The van der Waals surface area contributed by atoms with Crippen molar-refractivity contribution in [3.8, 4) is 5.75 Å². The number of rotatable bonds is 15. The average Bonchev–Trinajstić information content (AvgIpc) is 3.25. The fourth-order valence-corrected chi connectivity index (χ4v) is 7.86. The molecule has 8 N–H and O–H groups in total. The molecule has 0 spiro atoms. The van der Waals surface area contributed by atoms with Gasteiger partial charge in [0.15, 0.2) is 0 Å².